The fourth-order valence-electron chi connectivity index (χ4n) is 2.64. The molecule has 1 heterocycles. The van der Waals surface area contributed by atoms with Crippen LogP contribution in [-0.2, 0) is 13.1 Å². The highest BCUT2D eigenvalue weighted by atomic mass is 32.1. The number of thiophene rings is 1. The number of benzene rings is 2. The Morgan fingerprint density at radius 3 is 2.45 bits per heavy atom. The molecule has 0 atom stereocenters. The molecule has 1 aromatic heterocycles. The summed E-state index contributed by atoms with van der Waals surface area (Å²) in [5.41, 5.74) is 2.79. The van der Waals surface area contributed by atoms with Crippen molar-refractivity contribution in [3.05, 3.63) is 69.4 Å². The fraction of sp³-hybridized carbons (Fsp3) is 0.222. The van der Waals surface area contributed by atoms with Crippen LogP contribution >= 0.6 is 11.3 Å². The number of hydrogen-bond acceptors (Lipinski definition) is 2. The Morgan fingerprint density at radius 1 is 0.900 bits per heavy atom. The van der Waals surface area contributed by atoms with Crippen molar-refractivity contribution in [2.45, 2.75) is 26.9 Å². The Hall–Kier alpha value is -1.64. The monoisotopic (exact) mass is 281 g/mol. The van der Waals surface area contributed by atoms with Gasteiger partial charge in [-0.3, -0.25) is 0 Å². The van der Waals surface area contributed by atoms with Gasteiger partial charge in [-0.2, -0.15) is 0 Å². The van der Waals surface area contributed by atoms with Gasteiger partial charge < -0.3 is 5.32 Å². The molecule has 0 aliphatic heterocycles. The summed E-state index contributed by atoms with van der Waals surface area (Å²) in [7, 11) is 0. The van der Waals surface area contributed by atoms with Crippen LogP contribution in [0.1, 0.15) is 20.9 Å². The molecule has 0 saturated heterocycles. The van der Waals surface area contributed by atoms with E-state index in [4.69, 9.17) is 0 Å². The summed E-state index contributed by atoms with van der Waals surface area (Å²) in [4.78, 5) is 2.82. The van der Waals surface area contributed by atoms with Gasteiger partial charge in [-0.1, -0.05) is 42.5 Å². The van der Waals surface area contributed by atoms with Gasteiger partial charge in [-0.15, -0.1) is 11.3 Å². The SMILES string of the molecule is Cc1cc(CNCc2cccc3ccccc23)c(C)s1. The summed E-state index contributed by atoms with van der Waals surface area (Å²) in [6.07, 6.45) is 0. The van der Waals surface area contributed by atoms with Gasteiger partial charge in [0.25, 0.3) is 0 Å². The highest BCUT2D eigenvalue weighted by Gasteiger charge is 2.03. The van der Waals surface area contributed by atoms with Gasteiger partial charge in [-0.05, 0) is 41.8 Å². The van der Waals surface area contributed by atoms with Gasteiger partial charge in [0, 0.05) is 22.8 Å². The molecular weight excluding hydrogens is 262 g/mol. The number of rotatable bonds is 4. The maximum Gasteiger partial charge on any atom is 0.0219 e. The van der Waals surface area contributed by atoms with E-state index in [-0.39, 0.29) is 0 Å². The molecule has 0 saturated carbocycles. The van der Waals surface area contributed by atoms with E-state index in [1.165, 1.54) is 31.7 Å². The van der Waals surface area contributed by atoms with Crippen molar-refractivity contribution in [1.29, 1.82) is 0 Å². The molecule has 1 nitrogen and oxygen atoms in total. The zero-order valence-electron chi connectivity index (χ0n) is 11.9. The van der Waals surface area contributed by atoms with Crippen molar-refractivity contribution in [2.75, 3.05) is 0 Å². The van der Waals surface area contributed by atoms with Crippen molar-refractivity contribution in [1.82, 2.24) is 5.32 Å². The van der Waals surface area contributed by atoms with Crippen LogP contribution in [0.15, 0.2) is 48.5 Å². The fourth-order valence-corrected chi connectivity index (χ4v) is 3.58. The van der Waals surface area contributed by atoms with Crippen LogP contribution in [0.3, 0.4) is 0 Å². The summed E-state index contributed by atoms with van der Waals surface area (Å²) in [5.74, 6) is 0. The third-order valence-electron chi connectivity index (χ3n) is 3.65. The highest BCUT2D eigenvalue weighted by Crippen LogP contribution is 2.21. The average Bonchev–Trinajstić information content (AvgIpc) is 2.77. The lowest BCUT2D eigenvalue weighted by Crippen LogP contribution is -2.13. The van der Waals surface area contributed by atoms with E-state index in [9.17, 15) is 0 Å². The Kier molecular flexibility index (Phi) is 3.86. The molecule has 0 spiro atoms. The van der Waals surface area contributed by atoms with Crippen molar-refractivity contribution < 1.29 is 0 Å². The minimum Gasteiger partial charge on any atom is -0.309 e. The molecule has 2 heteroatoms. The molecule has 3 rings (SSSR count). The lowest BCUT2D eigenvalue weighted by Gasteiger charge is -2.08. The van der Waals surface area contributed by atoms with Crippen LogP contribution in [0.25, 0.3) is 10.8 Å². The lowest BCUT2D eigenvalue weighted by atomic mass is 10.0. The normalized spacial score (nSPS) is 11.1. The van der Waals surface area contributed by atoms with E-state index in [2.05, 4.69) is 67.7 Å². The minimum atomic E-state index is 0.912. The molecule has 3 aromatic rings. The number of nitrogens with one attached hydrogen (secondary N) is 1. The number of aryl methyl sites for hydroxylation is 2. The Morgan fingerprint density at radius 2 is 1.65 bits per heavy atom. The molecule has 0 aliphatic carbocycles. The molecule has 0 bridgehead atoms. The second-order valence-corrected chi connectivity index (χ2v) is 6.64. The Bertz CT molecular complexity index is 722. The largest absolute Gasteiger partial charge is 0.309 e. The summed E-state index contributed by atoms with van der Waals surface area (Å²) < 4.78 is 0. The Labute approximate surface area is 124 Å². The summed E-state index contributed by atoms with van der Waals surface area (Å²) in [6, 6.07) is 17.4. The molecule has 1 N–H and O–H groups in total. The molecule has 0 fully saturated rings. The molecular formula is C18H19NS. The van der Waals surface area contributed by atoms with Crippen LogP contribution in [0.5, 0.6) is 0 Å². The second-order valence-electron chi connectivity index (χ2n) is 5.18. The van der Waals surface area contributed by atoms with Gasteiger partial charge in [0.2, 0.25) is 0 Å². The Balaban J connectivity index is 1.73. The lowest BCUT2D eigenvalue weighted by molar-refractivity contribution is 0.696. The first kappa shape index (κ1) is 13.3. The number of hydrogen-bond donors (Lipinski definition) is 1. The third kappa shape index (κ3) is 2.77. The minimum absolute atomic E-state index is 0.912. The second kappa shape index (κ2) is 5.78. The average molecular weight is 281 g/mol. The quantitative estimate of drug-likeness (QED) is 0.723. The summed E-state index contributed by atoms with van der Waals surface area (Å²) in [6.45, 7) is 6.23. The number of fused-ring (bicyclic) bond motifs is 1. The van der Waals surface area contributed by atoms with Crippen molar-refractivity contribution in [3.63, 3.8) is 0 Å². The molecule has 2 aromatic carbocycles. The topological polar surface area (TPSA) is 12.0 Å². The van der Waals surface area contributed by atoms with Crippen LogP contribution < -0.4 is 5.32 Å². The predicted octanol–water partition coefficient (Wildman–Crippen LogP) is 4.81. The highest BCUT2D eigenvalue weighted by molar-refractivity contribution is 7.12. The molecule has 0 amide bonds. The van der Waals surface area contributed by atoms with Gasteiger partial charge >= 0.3 is 0 Å². The first-order chi connectivity index (χ1) is 9.74. The molecule has 0 unspecified atom stereocenters. The van der Waals surface area contributed by atoms with Crippen molar-refractivity contribution in [3.8, 4) is 0 Å². The third-order valence-corrected chi connectivity index (χ3v) is 4.66. The molecule has 0 radical (unpaired) electrons. The zero-order valence-corrected chi connectivity index (χ0v) is 12.8. The van der Waals surface area contributed by atoms with Gasteiger partial charge in [-0.25, -0.2) is 0 Å². The van der Waals surface area contributed by atoms with Gasteiger partial charge in [0.1, 0.15) is 0 Å². The molecule has 20 heavy (non-hydrogen) atoms. The van der Waals surface area contributed by atoms with Gasteiger partial charge in [0.05, 0.1) is 0 Å². The van der Waals surface area contributed by atoms with E-state index in [0.29, 0.717) is 0 Å². The molecule has 0 aliphatic rings. The van der Waals surface area contributed by atoms with E-state index >= 15 is 0 Å². The van der Waals surface area contributed by atoms with Crippen molar-refractivity contribution >= 4 is 22.1 Å². The molecule has 102 valence electrons. The zero-order chi connectivity index (χ0) is 13.9. The summed E-state index contributed by atoms with van der Waals surface area (Å²) >= 11 is 1.88. The van der Waals surface area contributed by atoms with Crippen LogP contribution in [0.2, 0.25) is 0 Å². The van der Waals surface area contributed by atoms with Crippen LogP contribution in [0, 0.1) is 13.8 Å². The van der Waals surface area contributed by atoms with Crippen LogP contribution in [-0.4, -0.2) is 0 Å². The maximum absolute atomic E-state index is 3.57. The van der Waals surface area contributed by atoms with Crippen molar-refractivity contribution in [2.24, 2.45) is 0 Å². The van der Waals surface area contributed by atoms with Crippen LogP contribution in [0.4, 0.5) is 0 Å². The standard InChI is InChI=1S/C18H19NS/c1-13-10-17(14(2)20-13)12-19-11-16-8-5-7-15-6-3-4-9-18(15)16/h3-10,19H,11-12H2,1-2H3. The van der Waals surface area contributed by atoms with E-state index in [1.54, 1.807) is 0 Å². The summed E-state index contributed by atoms with van der Waals surface area (Å²) in [5, 5.41) is 6.23. The first-order valence-corrected chi connectivity index (χ1v) is 7.79. The van der Waals surface area contributed by atoms with Gasteiger partial charge in [0.15, 0.2) is 0 Å². The van der Waals surface area contributed by atoms with E-state index in [1.807, 2.05) is 11.3 Å². The van der Waals surface area contributed by atoms with E-state index in [0.717, 1.165) is 13.1 Å². The predicted molar refractivity (Wildman–Crippen MR) is 88.3 cm³/mol. The first-order valence-electron chi connectivity index (χ1n) is 6.97. The maximum atomic E-state index is 3.57. The van der Waals surface area contributed by atoms with E-state index < -0.39 is 0 Å². The smallest absolute Gasteiger partial charge is 0.0219 e.